The van der Waals surface area contributed by atoms with Gasteiger partial charge in [-0.15, -0.1) is 5.53 Å². The monoisotopic (exact) mass is 582 g/mol. The number of rotatable bonds is 9. The molecule has 0 spiro atoms. The number of aromatic nitrogens is 2. The number of hydrogen-bond acceptors (Lipinski definition) is 8. The van der Waals surface area contributed by atoms with E-state index in [1.807, 2.05) is 42.5 Å². The predicted molar refractivity (Wildman–Crippen MR) is 167 cm³/mol. The van der Waals surface area contributed by atoms with E-state index in [4.69, 9.17) is 23.2 Å². The number of nitrogens with zero attached hydrogens (tertiary/aromatic N) is 4. The summed E-state index contributed by atoms with van der Waals surface area (Å²) < 4.78 is 0. The Labute approximate surface area is 250 Å². The van der Waals surface area contributed by atoms with E-state index in [0.717, 1.165) is 47.2 Å². The highest BCUT2D eigenvalue weighted by atomic mass is 35.5. The van der Waals surface area contributed by atoms with Gasteiger partial charge < -0.3 is 16.1 Å². The van der Waals surface area contributed by atoms with Crippen molar-refractivity contribution < 1.29 is 0 Å². The van der Waals surface area contributed by atoms with Gasteiger partial charge in [-0.3, -0.25) is 9.99 Å². The largest absolute Gasteiger partial charge is 0.378 e. The zero-order chi connectivity index (χ0) is 28.6. The molecule has 41 heavy (non-hydrogen) atoms. The zero-order valence-electron chi connectivity index (χ0n) is 22.7. The molecule has 0 amide bonds. The lowest BCUT2D eigenvalue weighted by atomic mass is 9.70. The van der Waals surface area contributed by atoms with Crippen LogP contribution in [0.1, 0.15) is 48.9 Å². The minimum absolute atomic E-state index is 0.00363. The van der Waals surface area contributed by atoms with Gasteiger partial charge in [0.25, 0.3) is 0 Å². The highest BCUT2D eigenvalue weighted by molar-refractivity contribution is 6.36. The van der Waals surface area contributed by atoms with E-state index >= 15 is 0 Å². The molecule has 1 fully saturated rings. The molecule has 2 aromatic heterocycles. The average molecular weight is 583 g/mol. The van der Waals surface area contributed by atoms with E-state index < -0.39 is 5.44 Å². The summed E-state index contributed by atoms with van der Waals surface area (Å²) in [5.74, 6) is 0. The van der Waals surface area contributed by atoms with Gasteiger partial charge in [-0.1, -0.05) is 66.5 Å². The van der Waals surface area contributed by atoms with Crippen LogP contribution in [0.25, 0.3) is 10.9 Å². The highest BCUT2D eigenvalue weighted by Crippen LogP contribution is 2.40. The van der Waals surface area contributed by atoms with Crippen molar-refractivity contribution in [2.24, 2.45) is 0 Å². The maximum Gasteiger partial charge on any atom is 0.148 e. The Balaban J connectivity index is 1.45. The van der Waals surface area contributed by atoms with Gasteiger partial charge in [0.15, 0.2) is 0 Å². The Hall–Kier alpha value is -3.97. The fourth-order valence-electron chi connectivity index (χ4n) is 5.31. The van der Waals surface area contributed by atoms with Crippen LogP contribution in [0, 0.1) is 11.3 Å². The van der Waals surface area contributed by atoms with E-state index in [9.17, 15) is 5.26 Å². The van der Waals surface area contributed by atoms with E-state index in [2.05, 4.69) is 75.7 Å². The van der Waals surface area contributed by atoms with Crippen molar-refractivity contribution >= 4 is 53.3 Å². The lowest BCUT2D eigenvalue weighted by Gasteiger charge is -2.34. The van der Waals surface area contributed by atoms with Gasteiger partial charge in [-0.05, 0) is 43.0 Å². The van der Waals surface area contributed by atoms with Gasteiger partial charge in [0.05, 0.1) is 39.0 Å². The van der Waals surface area contributed by atoms with Crippen LogP contribution in [0.15, 0.2) is 78.9 Å². The van der Waals surface area contributed by atoms with Crippen LogP contribution in [-0.2, 0) is 5.44 Å². The van der Waals surface area contributed by atoms with Crippen molar-refractivity contribution in [3.63, 3.8) is 0 Å². The van der Waals surface area contributed by atoms with Crippen molar-refractivity contribution in [1.82, 2.24) is 25.9 Å². The molecule has 0 unspecified atom stereocenters. The third-order valence-electron chi connectivity index (χ3n) is 7.73. The standard InChI is InChI=1S/C30H29BCl2N8/c1-2-25(18-7-4-3-5-8-18)37-27-19(15-34)16-36-28-22(27)13-20(14-24(28)32)38-30(31,23-9-6-12-35-29(23)33)26-17-41(40-39-26)21-10-11-21/h3-9,12-14,16-17,21,25,38-40H,2,10-11,31H2,1H3,(H,36,37)/t25-,30+/m1/s1. The quantitative estimate of drug-likeness (QED) is 0.149. The number of benzene rings is 2. The first-order chi connectivity index (χ1) is 19.9. The zero-order valence-corrected chi connectivity index (χ0v) is 24.3. The number of pyridine rings is 2. The number of fused-ring (bicyclic) bond motifs is 1. The fraction of sp³-hybridized carbons (Fsp3) is 0.233. The predicted octanol–water partition coefficient (Wildman–Crippen LogP) is 5.60. The molecule has 0 bridgehead atoms. The van der Waals surface area contributed by atoms with E-state index in [-0.39, 0.29) is 6.04 Å². The Morgan fingerprint density at radius 1 is 1.17 bits per heavy atom. The maximum absolute atomic E-state index is 10.0. The summed E-state index contributed by atoms with van der Waals surface area (Å²) in [6, 6.07) is 20.6. The molecule has 1 aliphatic heterocycles. The molecule has 0 radical (unpaired) electrons. The SMILES string of the molecule is B[C@@](Nc1cc(Cl)c2ncc(C#N)c(N[C@H](CC)c3ccccc3)c2c1)(C1=CN(C2CC2)NN1)c1cccnc1Cl. The summed E-state index contributed by atoms with van der Waals surface area (Å²) in [5.41, 5.74) is 11.1. The first kappa shape index (κ1) is 27.2. The molecule has 8 nitrogen and oxygen atoms in total. The molecular weight excluding hydrogens is 554 g/mol. The number of anilines is 2. The molecule has 4 aromatic rings. The average Bonchev–Trinajstić information content (AvgIpc) is 3.71. The maximum atomic E-state index is 10.0. The van der Waals surface area contributed by atoms with Crippen LogP contribution in [-0.4, -0.2) is 28.9 Å². The number of nitrogens with one attached hydrogen (secondary N) is 4. The Morgan fingerprint density at radius 3 is 2.68 bits per heavy atom. The summed E-state index contributed by atoms with van der Waals surface area (Å²) in [7, 11) is 2.05. The first-order valence-corrected chi connectivity index (χ1v) is 14.4. The van der Waals surface area contributed by atoms with Crippen LogP contribution in [0.2, 0.25) is 10.2 Å². The molecule has 1 saturated carbocycles. The lowest BCUT2D eigenvalue weighted by Crippen LogP contribution is -2.45. The summed E-state index contributed by atoms with van der Waals surface area (Å²) in [6.07, 6.45) is 8.43. The van der Waals surface area contributed by atoms with Crippen LogP contribution in [0.4, 0.5) is 11.4 Å². The second-order valence-electron chi connectivity index (χ2n) is 10.5. The molecule has 2 atom stereocenters. The Kier molecular flexibility index (Phi) is 7.39. The van der Waals surface area contributed by atoms with Crippen molar-refractivity contribution in [1.29, 1.82) is 5.26 Å². The molecule has 2 aromatic carbocycles. The third kappa shape index (κ3) is 5.27. The van der Waals surface area contributed by atoms with E-state index in [1.165, 1.54) is 0 Å². The van der Waals surface area contributed by atoms with Gasteiger partial charge in [0, 0.05) is 41.3 Å². The molecule has 6 rings (SSSR count). The molecule has 11 heteroatoms. The number of hydrazine groups is 2. The Bertz CT molecular complexity index is 1670. The van der Waals surface area contributed by atoms with Crippen molar-refractivity contribution in [3.8, 4) is 6.07 Å². The molecule has 4 N–H and O–H groups in total. The molecular formula is C30H29BCl2N8. The summed E-state index contributed by atoms with van der Waals surface area (Å²) in [6.45, 7) is 2.12. The van der Waals surface area contributed by atoms with Crippen LogP contribution >= 0.6 is 23.2 Å². The molecule has 3 heterocycles. The van der Waals surface area contributed by atoms with Gasteiger partial charge in [0.1, 0.15) is 19.1 Å². The highest BCUT2D eigenvalue weighted by Gasteiger charge is 2.39. The number of halogens is 2. The number of hydrogen-bond donors (Lipinski definition) is 4. The smallest absolute Gasteiger partial charge is 0.148 e. The third-order valence-corrected chi connectivity index (χ3v) is 8.32. The molecule has 0 saturated heterocycles. The van der Waals surface area contributed by atoms with E-state index in [0.29, 0.717) is 33.0 Å². The minimum atomic E-state index is -0.803. The summed E-state index contributed by atoms with van der Waals surface area (Å²) in [5, 5.41) is 21.0. The minimum Gasteiger partial charge on any atom is -0.378 e. The summed E-state index contributed by atoms with van der Waals surface area (Å²) in [4.78, 5) is 8.90. The van der Waals surface area contributed by atoms with E-state index in [1.54, 1.807) is 12.4 Å². The van der Waals surface area contributed by atoms with Crippen molar-refractivity contribution in [3.05, 3.63) is 106 Å². The van der Waals surface area contributed by atoms with Crippen LogP contribution in [0.5, 0.6) is 0 Å². The molecule has 206 valence electrons. The first-order valence-electron chi connectivity index (χ1n) is 13.7. The lowest BCUT2D eigenvalue weighted by molar-refractivity contribution is 0.260. The molecule has 1 aliphatic carbocycles. The van der Waals surface area contributed by atoms with Gasteiger partial charge in [-0.2, -0.15) is 5.26 Å². The second kappa shape index (κ2) is 11.1. The van der Waals surface area contributed by atoms with Crippen molar-refractivity contribution in [2.75, 3.05) is 10.6 Å². The van der Waals surface area contributed by atoms with Crippen molar-refractivity contribution in [2.45, 2.75) is 43.7 Å². The topological polar surface area (TPSA) is 101 Å². The van der Waals surface area contributed by atoms with Gasteiger partial charge in [0.2, 0.25) is 0 Å². The number of nitriles is 1. The normalized spacial score (nSPS) is 16.8. The summed E-state index contributed by atoms with van der Waals surface area (Å²) >= 11 is 13.5. The Morgan fingerprint density at radius 2 is 1.98 bits per heavy atom. The van der Waals surface area contributed by atoms with Crippen LogP contribution < -0.4 is 21.6 Å². The second-order valence-corrected chi connectivity index (χ2v) is 11.3. The van der Waals surface area contributed by atoms with Crippen LogP contribution in [0.3, 0.4) is 0 Å². The fourth-order valence-corrected chi connectivity index (χ4v) is 5.89. The molecule has 2 aliphatic rings. The van der Waals surface area contributed by atoms with Gasteiger partial charge >= 0.3 is 0 Å². The van der Waals surface area contributed by atoms with Gasteiger partial charge in [-0.25, -0.2) is 4.98 Å².